The van der Waals surface area contributed by atoms with E-state index in [9.17, 15) is 22.8 Å². The molecule has 3 rings (SSSR count). The van der Waals surface area contributed by atoms with Gasteiger partial charge in [0.05, 0.1) is 11.5 Å². The van der Waals surface area contributed by atoms with Crippen LogP contribution in [0.3, 0.4) is 0 Å². The standard InChI is InChI=1S/C21H24F3N3O2/c1-13-11-18(14(2)27(13)17-9-4-3-5-10-17)20(29)26-25-19(28)15-7-6-8-16(12-15)21(22,23)24/h3-5,9-11,15-16H,6-8,12H2,1-2H3,(H,25,28)(H,26,29). The van der Waals surface area contributed by atoms with Crippen LogP contribution in [0.5, 0.6) is 0 Å². The molecule has 2 amide bonds. The van der Waals surface area contributed by atoms with Gasteiger partial charge in [-0.25, -0.2) is 0 Å². The van der Waals surface area contributed by atoms with E-state index in [4.69, 9.17) is 0 Å². The highest BCUT2D eigenvalue weighted by molar-refractivity contribution is 5.97. The molecule has 0 spiro atoms. The molecule has 0 bridgehead atoms. The minimum atomic E-state index is -4.29. The fraction of sp³-hybridized carbons (Fsp3) is 0.429. The van der Waals surface area contributed by atoms with Crippen molar-refractivity contribution in [2.75, 3.05) is 0 Å². The maximum Gasteiger partial charge on any atom is 0.391 e. The van der Waals surface area contributed by atoms with Gasteiger partial charge in [-0.1, -0.05) is 24.6 Å². The number of halogens is 3. The minimum Gasteiger partial charge on any atom is -0.318 e. The number of hydrazine groups is 1. The first-order valence-electron chi connectivity index (χ1n) is 9.59. The van der Waals surface area contributed by atoms with E-state index in [1.54, 1.807) is 13.0 Å². The van der Waals surface area contributed by atoms with Gasteiger partial charge in [0.15, 0.2) is 0 Å². The first-order valence-corrected chi connectivity index (χ1v) is 9.59. The summed E-state index contributed by atoms with van der Waals surface area (Å²) >= 11 is 0. The van der Waals surface area contributed by atoms with Gasteiger partial charge in [-0.3, -0.25) is 20.4 Å². The van der Waals surface area contributed by atoms with Gasteiger partial charge >= 0.3 is 6.18 Å². The molecule has 0 saturated heterocycles. The Hall–Kier alpha value is -2.77. The van der Waals surface area contributed by atoms with Crippen LogP contribution < -0.4 is 10.9 Å². The summed E-state index contributed by atoms with van der Waals surface area (Å²) < 4.78 is 40.7. The van der Waals surface area contributed by atoms with Gasteiger partial charge in [0.1, 0.15) is 0 Å². The Morgan fingerprint density at radius 2 is 1.76 bits per heavy atom. The van der Waals surface area contributed by atoms with Crippen molar-refractivity contribution in [2.45, 2.75) is 45.7 Å². The molecule has 8 heteroatoms. The second-order valence-corrected chi connectivity index (χ2v) is 7.50. The van der Waals surface area contributed by atoms with Crippen LogP contribution in [0.25, 0.3) is 5.69 Å². The lowest BCUT2D eigenvalue weighted by Crippen LogP contribution is -2.46. The van der Waals surface area contributed by atoms with E-state index in [2.05, 4.69) is 10.9 Å². The average Bonchev–Trinajstić information content (AvgIpc) is 3.00. The van der Waals surface area contributed by atoms with Gasteiger partial charge in [0.2, 0.25) is 5.91 Å². The Labute approximate surface area is 167 Å². The molecular weight excluding hydrogens is 383 g/mol. The number of aryl methyl sites for hydroxylation is 1. The quantitative estimate of drug-likeness (QED) is 0.749. The molecule has 1 saturated carbocycles. The molecule has 29 heavy (non-hydrogen) atoms. The molecule has 156 valence electrons. The van der Waals surface area contributed by atoms with Crippen molar-refractivity contribution in [2.24, 2.45) is 11.8 Å². The predicted octanol–water partition coefficient (Wildman–Crippen LogP) is 4.22. The lowest BCUT2D eigenvalue weighted by Gasteiger charge is -2.29. The van der Waals surface area contributed by atoms with E-state index >= 15 is 0 Å². The van der Waals surface area contributed by atoms with Crippen LogP contribution in [-0.4, -0.2) is 22.6 Å². The summed E-state index contributed by atoms with van der Waals surface area (Å²) in [5.74, 6) is -3.30. The van der Waals surface area contributed by atoms with Crippen LogP contribution in [-0.2, 0) is 4.79 Å². The molecule has 1 aromatic carbocycles. The van der Waals surface area contributed by atoms with Crippen LogP contribution in [0.4, 0.5) is 13.2 Å². The van der Waals surface area contributed by atoms with Crippen molar-refractivity contribution in [3.63, 3.8) is 0 Å². The number of nitrogens with zero attached hydrogens (tertiary/aromatic N) is 1. The second kappa shape index (κ2) is 8.31. The summed E-state index contributed by atoms with van der Waals surface area (Å²) in [6, 6.07) is 11.2. The fourth-order valence-electron chi connectivity index (χ4n) is 3.98. The van der Waals surface area contributed by atoms with Gasteiger partial charge in [0, 0.05) is 23.0 Å². The highest BCUT2D eigenvalue weighted by atomic mass is 19.4. The maximum atomic E-state index is 12.9. The van der Waals surface area contributed by atoms with Gasteiger partial charge in [-0.15, -0.1) is 0 Å². The number of aromatic nitrogens is 1. The smallest absolute Gasteiger partial charge is 0.318 e. The lowest BCUT2D eigenvalue weighted by atomic mass is 9.80. The SMILES string of the molecule is Cc1cc(C(=O)NNC(=O)C2CCCC(C(F)(F)F)C2)c(C)n1-c1ccccc1. The Morgan fingerprint density at radius 1 is 1.07 bits per heavy atom. The molecule has 1 fully saturated rings. The predicted molar refractivity (Wildman–Crippen MR) is 102 cm³/mol. The zero-order chi connectivity index (χ0) is 21.2. The fourth-order valence-corrected chi connectivity index (χ4v) is 3.98. The van der Waals surface area contributed by atoms with E-state index in [0.29, 0.717) is 24.1 Å². The van der Waals surface area contributed by atoms with E-state index in [1.165, 1.54) is 0 Å². The maximum absolute atomic E-state index is 12.9. The summed E-state index contributed by atoms with van der Waals surface area (Å²) in [5.41, 5.74) is 7.51. The number of hydrogen-bond acceptors (Lipinski definition) is 2. The number of carbonyl (C=O) groups is 2. The zero-order valence-electron chi connectivity index (χ0n) is 16.3. The lowest BCUT2D eigenvalue weighted by molar-refractivity contribution is -0.186. The van der Waals surface area contributed by atoms with Crippen molar-refractivity contribution < 1.29 is 22.8 Å². The molecule has 1 aromatic heterocycles. The number of carbonyl (C=O) groups excluding carboxylic acids is 2. The van der Waals surface area contributed by atoms with Crippen molar-refractivity contribution in [3.05, 3.63) is 53.3 Å². The van der Waals surface area contributed by atoms with Crippen molar-refractivity contribution >= 4 is 11.8 Å². The van der Waals surface area contributed by atoms with Gasteiger partial charge in [0.25, 0.3) is 5.91 Å². The Kier molecular flexibility index (Phi) is 6.00. The summed E-state index contributed by atoms with van der Waals surface area (Å²) in [6.45, 7) is 3.67. The van der Waals surface area contributed by atoms with E-state index < -0.39 is 29.8 Å². The first kappa shape index (κ1) is 21.0. The molecule has 2 aromatic rings. The number of rotatable bonds is 3. The van der Waals surface area contributed by atoms with E-state index in [1.807, 2.05) is 41.8 Å². The van der Waals surface area contributed by atoms with Gasteiger partial charge < -0.3 is 4.57 Å². The van der Waals surface area contributed by atoms with Crippen molar-refractivity contribution in [1.82, 2.24) is 15.4 Å². The molecule has 0 aliphatic heterocycles. The normalized spacial score (nSPS) is 19.6. The number of nitrogens with one attached hydrogen (secondary N) is 2. The minimum absolute atomic E-state index is 0.0467. The van der Waals surface area contributed by atoms with Gasteiger partial charge in [-0.2, -0.15) is 13.2 Å². The highest BCUT2D eigenvalue weighted by Crippen LogP contribution is 2.39. The number of hydrogen-bond donors (Lipinski definition) is 2. The zero-order valence-corrected chi connectivity index (χ0v) is 16.3. The van der Waals surface area contributed by atoms with Crippen LogP contribution in [0, 0.1) is 25.7 Å². The molecule has 2 unspecified atom stereocenters. The monoisotopic (exact) mass is 407 g/mol. The average molecular weight is 407 g/mol. The second-order valence-electron chi connectivity index (χ2n) is 7.50. The molecule has 1 aliphatic rings. The third-order valence-corrected chi connectivity index (χ3v) is 5.50. The van der Waals surface area contributed by atoms with E-state index in [-0.39, 0.29) is 12.8 Å². The van der Waals surface area contributed by atoms with Crippen LogP contribution in [0.15, 0.2) is 36.4 Å². The molecule has 2 N–H and O–H groups in total. The largest absolute Gasteiger partial charge is 0.391 e. The molecule has 1 heterocycles. The molecule has 1 aliphatic carbocycles. The topological polar surface area (TPSA) is 63.1 Å². The van der Waals surface area contributed by atoms with Crippen LogP contribution in [0.1, 0.15) is 47.4 Å². The number of amides is 2. The Balaban J connectivity index is 1.65. The molecular formula is C21H24F3N3O2. The highest BCUT2D eigenvalue weighted by Gasteiger charge is 2.43. The van der Waals surface area contributed by atoms with Gasteiger partial charge in [-0.05, 0) is 51.3 Å². The summed E-state index contributed by atoms with van der Waals surface area (Å²) in [4.78, 5) is 24.8. The third kappa shape index (κ3) is 4.63. The first-order chi connectivity index (χ1) is 13.7. The molecule has 2 atom stereocenters. The Morgan fingerprint density at radius 3 is 2.41 bits per heavy atom. The van der Waals surface area contributed by atoms with Crippen LogP contribution in [0.2, 0.25) is 0 Å². The van der Waals surface area contributed by atoms with E-state index in [0.717, 1.165) is 11.4 Å². The molecule has 5 nitrogen and oxygen atoms in total. The third-order valence-electron chi connectivity index (χ3n) is 5.50. The number of para-hydroxylation sites is 1. The number of benzene rings is 1. The summed E-state index contributed by atoms with van der Waals surface area (Å²) in [7, 11) is 0. The molecule has 0 radical (unpaired) electrons. The Bertz CT molecular complexity index is 891. The van der Waals surface area contributed by atoms with Crippen molar-refractivity contribution in [1.29, 1.82) is 0 Å². The summed E-state index contributed by atoms with van der Waals surface area (Å²) in [5, 5.41) is 0. The van der Waals surface area contributed by atoms with Crippen LogP contribution >= 0.6 is 0 Å². The van der Waals surface area contributed by atoms with Crippen molar-refractivity contribution in [3.8, 4) is 5.69 Å². The number of alkyl halides is 3. The summed E-state index contributed by atoms with van der Waals surface area (Å²) in [6.07, 6.45) is -3.76.